The minimum Gasteiger partial charge on any atom is -0.508 e. The van der Waals surface area contributed by atoms with Gasteiger partial charge in [0.25, 0.3) is 0 Å². The molecule has 2 rings (SSSR count). The molecule has 0 radical (unpaired) electrons. The Balaban J connectivity index is 2.26. The minimum absolute atomic E-state index is 0.0588. The maximum absolute atomic E-state index is 9.68. The Hall–Kier alpha value is -2.53. The summed E-state index contributed by atoms with van der Waals surface area (Å²) in [6, 6.07) is 9.93. The van der Waals surface area contributed by atoms with Gasteiger partial charge in [-0.05, 0) is 30.0 Å². The van der Waals surface area contributed by atoms with Gasteiger partial charge in [0.1, 0.15) is 17.9 Å². The second kappa shape index (κ2) is 8.19. The number of rotatable bonds is 7. The van der Waals surface area contributed by atoms with Crippen molar-refractivity contribution in [2.45, 2.75) is 5.75 Å². The predicted octanol–water partition coefficient (Wildman–Crippen LogP) is 4.72. The highest BCUT2D eigenvalue weighted by atomic mass is 32.2. The molecule has 0 aliphatic rings. The fraction of sp³-hybridized carbons (Fsp3) is 0.111. The molecule has 1 aromatic heterocycles. The molecular weight excluding hydrogens is 306 g/mol. The summed E-state index contributed by atoms with van der Waals surface area (Å²) in [5.41, 5.74) is 3.29. The van der Waals surface area contributed by atoms with Gasteiger partial charge in [-0.3, -0.25) is 0 Å². The van der Waals surface area contributed by atoms with Crippen molar-refractivity contribution >= 4 is 28.8 Å². The summed E-state index contributed by atoms with van der Waals surface area (Å²) in [5, 5.41) is 12.9. The Morgan fingerprint density at radius 2 is 2.17 bits per heavy atom. The Labute approximate surface area is 140 Å². The Morgan fingerprint density at radius 1 is 1.35 bits per heavy atom. The Bertz CT molecular complexity index is 741. The van der Waals surface area contributed by atoms with E-state index in [4.69, 9.17) is 0 Å². The van der Waals surface area contributed by atoms with Crippen LogP contribution in [0, 0.1) is 0 Å². The first-order valence-electron chi connectivity index (χ1n) is 7.02. The first kappa shape index (κ1) is 16.8. The molecule has 0 saturated carbocycles. The third kappa shape index (κ3) is 4.72. The van der Waals surface area contributed by atoms with Crippen LogP contribution in [-0.4, -0.2) is 21.3 Å². The van der Waals surface area contributed by atoms with E-state index in [9.17, 15) is 5.11 Å². The van der Waals surface area contributed by atoms with Gasteiger partial charge in [-0.1, -0.05) is 31.4 Å². The molecule has 2 aromatic rings. The molecule has 118 valence electrons. The van der Waals surface area contributed by atoms with Gasteiger partial charge in [0, 0.05) is 23.1 Å². The smallest absolute Gasteiger partial charge is 0.134 e. The van der Waals surface area contributed by atoms with Crippen LogP contribution in [-0.2, 0) is 5.75 Å². The van der Waals surface area contributed by atoms with Crippen molar-refractivity contribution in [1.29, 1.82) is 0 Å². The normalized spacial score (nSPS) is 11.1. The topological polar surface area (TPSA) is 58.0 Å². The summed E-state index contributed by atoms with van der Waals surface area (Å²) >= 11 is 1.78. The van der Waals surface area contributed by atoms with Crippen LogP contribution in [0.2, 0.25) is 0 Å². The van der Waals surface area contributed by atoms with Gasteiger partial charge in [-0.15, -0.1) is 0 Å². The number of anilines is 2. The molecule has 23 heavy (non-hydrogen) atoms. The van der Waals surface area contributed by atoms with Gasteiger partial charge in [0.05, 0.1) is 5.69 Å². The zero-order chi connectivity index (χ0) is 16.7. The third-order valence-corrected chi connectivity index (χ3v) is 3.67. The molecule has 0 amide bonds. The van der Waals surface area contributed by atoms with Crippen LogP contribution in [0.15, 0.2) is 67.7 Å². The number of allylic oxidation sites excluding steroid dienone is 3. The van der Waals surface area contributed by atoms with E-state index in [-0.39, 0.29) is 5.76 Å². The maximum atomic E-state index is 9.68. The van der Waals surface area contributed by atoms with E-state index >= 15 is 0 Å². The number of hydrogen-bond donors (Lipinski definition) is 2. The second-order valence-corrected chi connectivity index (χ2v) is 5.68. The van der Waals surface area contributed by atoms with Crippen LogP contribution in [0.5, 0.6) is 0 Å². The summed E-state index contributed by atoms with van der Waals surface area (Å²) in [4.78, 5) is 8.40. The zero-order valence-corrected chi connectivity index (χ0v) is 13.8. The lowest BCUT2D eigenvalue weighted by molar-refractivity contribution is 0.440. The molecule has 2 N–H and O–H groups in total. The average Bonchev–Trinajstić information content (AvgIpc) is 2.53. The molecule has 0 bridgehead atoms. The van der Waals surface area contributed by atoms with E-state index in [1.807, 2.05) is 12.1 Å². The number of aliphatic hydroxyl groups is 1. The lowest BCUT2D eigenvalue weighted by Crippen LogP contribution is -1.98. The molecule has 0 spiro atoms. The Morgan fingerprint density at radius 3 is 2.87 bits per heavy atom. The van der Waals surface area contributed by atoms with Gasteiger partial charge in [-0.25, -0.2) is 9.97 Å². The van der Waals surface area contributed by atoms with Crippen molar-refractivity contribution < 1.29 is 5.11 Å². The third-order valence-electron chi connectivity index (χ3n) is 3.05. The van der Waals surface area contributed by atoms with Crippen LogP contribution in [0.3, 0.4) is 0 Å². The van der Waals surface area contributed by atoms with Crippen LogP contribution >= 0.6 is 11.8 Å². The first-order valence-corrected chi connectivity index (χ1v) is 8.41. The molecular formula is C18H19N3OS. The van der Waals surface area contributed by atoms with E-state index in [2.05, 4.69) is 46.8 Å². The van der Waals surface area contributed by atoms with E-state index in [1.54, 1.807) is 30.0 Å². The number of aliphatic hydroxyl groups excluding tert-OH is 1. The van der Waals surface area contributed by atoms with Crippen LogP contribution < -0.4 is 5.32 Å². The average molecular weight is 325 g/mol. The zero-order valence-electron chi connectivity index (χ0n) is 13.0. The molecule has 0 fully saturated rings. The second-order valence-electron chi connectivity index (χ2n) is 4.81. The molecule has 1 heterocycles. The SMILES string of the molecule is C=C/C=C(\C(=C)O)c1cc(Nc2cccc(CSC)c2)ncn1. The van der Waals surface area contributed by atoms with Gasteiger partial charge in [0.15, 0.2) is 0 Å². The fourth-order valence-corrected chi connectivity index (χ4v) is 2.59. The van der Waals surface area contributed by atoms with E-state index in [0.29, 0.717) is 17.1 Å². The summed E-state index contributed by atoms with van der Waals surface area (Å²) in [5.74, 6) is 1.55. The standard InChI is InChI=1S/C18H19N3OS/c1-4-6-16(13(2)22)17-10-18(20-12-19-17)21-15-8-5-7-14(9-15)11-23-3/h4-10,12,22H,1-2,11H2,3H3,(H,19,20,21)/b16-6+. The van der Waals surface area contributed by atoms with Gasteiger partial charge < -0.3 is 10.4 Å². The van der Waals surface area contributed by atoms with Gasteiger partial charge in [-0.2, -0.15) is 11.8 Å². The van der Waals surface area contributed by atoms with Crippen LogP contribution in [0.4, 0.5) is 11.5 Å². The molecule has 5 heteroatoms. The van der Waals surface area contributed by atoms with E-state index < -0.39 is 0 Å². The molecule has 0 atom stereocenters. The highest BCUT2D eigenvalue weighted by molar-refractivity contribution is 7.97. The molecule has 0 aliphatic carbocycles. The van der Waals surface area contributed by atoms with Crippen LogP contribution in [0.25, 0.3) is 5.57 Å². The lowest BCUT2D eigenvalue weighted by Gasteiger charge is -2.09. The number of hydrogen-bond acceptors (Lipinski definition) is 5. The number of aromatic nitrogens is 2. The highest BCUT2D eigenvalue weighted by Crippen LogP contribution is 2.22. The monoisotopic (exact) mass is 325 g/mol. The number of nitrogens with one attached hydrogen (secondary N) is 1. The lowest BCUT2D eigenvalue weighted by atomic mass is 10.1. The summed E-state index contributed by atoms with van der Waals surface area (Å²) in [6.45, 7) is 7.19. The highest BCUT2D eigenvalue weighted by Gasteiger charge is 2.08. The largest absolute Gasteiger partial charge is 0.508 e. The van der Waals surface area contributed by atoms with Crippen molar-refractivity contribution in [2.24, 2.45) is 0 Å². The van der Waals surface area contributed by atoms with Crippen molar-refractivity contribution in [2.75, 3.05) is 11.6 Å². The number of thioether (sulfide) groups is 1. The fourth-order valence-electron chi connectivity index (χ4n) is 2.07. The van der Waals surface area contributed by atoms with Gasteiger partial charge in [0.2, 0.25) is 0 Å². The molecule has 0 unspecified atom stereocenters. The van der Waals surface area contributed by atoms with Gasteiger partial charge >= 0.3 is 0 Å². The quantitative estimate of drug-likeness (QED) is 0.569. The van der Waals surface area contributed by atoms with Crippen molar-refractivity contribution in [1.82, 2.24) is 9.97 Å². The number of benzene rings is 1. The molecule has 0 saturated heterocycles. The van der Waals surface area contributed by atoms with E-state index in [1.165, 1.54) is 11.9 Å². The Kier molecular flexibility index (Phi) is 6.00. The summed E-state index contributed by atoms with van der Waals surface area (Å²) in [6.07, 6.45) is 6.76. The number of nitrogens with zero attached hydrogens (tertiary/aromatic N) is 2. The maximum Gasteiger partial charge on any atom is 0.134 e. The molecule has 1 aromatic carbocycles. The van der Waals surface area contributed by atoms with Crippen molar-refractivity contribution in [3.63, 3.8) is 0 Å². The van der Waals surface area contributed by atoms with Crippen molar-refractivity contribution in [3.8, 4) is 0 Å². The van der Waals surface area contributed by atoms with E-state index in [0.717, 1.165) is 11.4 Å². The van der Waals surface area contributed by atoms with Crippen molar-refractivity contribution in [3.05, 3.63) is 79.0 Å². The summed E-state index contributed by atoms with van der Waals surface area (Å²) < 4.78 is 0. The first-order chi connectivity index (χ1) is 11.1. The molecule has 4 nitrogen and oxygen atoms in total. The predicted molar refractivity (Wildman–Crippen MR) is 98.9 cm³/mol. The summed E-state index contributed by atoms with van der Waals surface area (Å²) in [7, 11) is 0. The minimum atomic E-state index is -0.0588. The van der Waals surface area contributed by atoms with Crippen LogP contribution in [0.1, 0.15) is 11.3 Å². The molecule has 0 aliphatic heterocycles.